The van der Waals surface area contributed by atoms with Gasteiger partial charge in [-0.05, 0) is 88.5 Å². The maximum atomic E-state index is 12.6. The second-order valence-electron chi connectivity index (χ2n) is 14.9. The Morgan fingerprint density at radius 2 is 1.19 bits per heavy atom. The molecule has 3 amide bonds. The first-order valence-electron chi connectivity index (χ1n) is 18.0. The van der Waals surface area contributed by atoms with Crippen molar-refractivity contribution < 1.29 is 37.1 Å². The monoisotopic (exact) mass is 739 g/mol. The summed E-state index contributed by atoms with van der Waals surface area (Å²) in [6, 6.07) is 11.7. The maximum absolute atomic E-state index is 12.6. The van der Waals surface area contributed by atoms with Gasteiger partial charge in [-0.3, -0.25) is 23.7 Å². The summed E-state index contributed by atoms with van der Waals surface area (Å²) in [7, 11) is 0. The van der Waals surface area contributed by atoms with Crippen molar-refractivity contribution in [2.24, 2.45) is 17.6 Å². The van der Waals surface area contributed by atoms with Crippen molar-refractivity contribution in [3.8, 4) is 0 Å². The molecule has 2 saturated heterocycles. The smallest absolute Gasteiger partial charge is 0.422 e. The number of aromatic nitrogens is 4. The molecule has 12 nitrogen and oxygen atoms in total. The van der Waals surface area contributed by atoms with E-state index < -0.39 is 42.5 Å². The first-order valence-corrected chi connectivity index (χ1v) is 18.0. The SMILES string of the molecule is CC1CCC(c2ccc3cn(C(C)C)nc3c2)N(C(=O)C(=O)OCC(F)(F)F)C1.CC1CCC(c2ccc3cn(C(C)C)nc3c2)N(C(=O)C(N)=O)C1. The lowest BCUT2D eigenvalue weighted by atomic mass is 9.89. The molecule has 2 fully saturated rings. The predicted octanol–water partition coefficient (Wildman–Crippen LogP) is 6.42. The van der Waals surface area contributed by atoms with Crippen LogP contribution in [-0.2, 0) is 23.9 Å². The lowest BCUT2D eigenvalue weighted by Crippen LogP contribution is -2.46. The summed E-state index contributed by atoms with van der Waals surface area (Å²) in [5.41, 5.74) is 8.72. The van der Waals surface area contributed by atoms with Gasteiger partial charge in [-0.1, -0.05) is 38.1 Å². The molecule has 0 aliphatic carbocycles. The van der Waals surface area contributed by atoms with Crippen molar-refractivity contribution in [1.29, 1.82) is 0 Å². The number of fused-ring (bicyclic) bond motifs is 2. The maximum Gasteiger partial charge on any atom is 0.422 e. The number of likely N-dealkylation sites (tertiary alicyclic amines) is 2. The molecule has 15 heteroatoms. The van der Waals surface area contributed by atoms with Crippen molar-refractivity contribution in [2.75, 3.05) is 19.7 Å². The van der Waals surface area contributed by atoms with Crippen LogP contribution in [0.2, 0.25) is 0 Å². The van der Waals surface area contributed by atoms with Crippen LogP contribution in [0.25, 0.3) is 21.8 Å². The van der Waals surface area contributed by atoms with E-state index in [-0.39, 0.29) is 24.5 Å². The molecule has 2 aromatic heterocycles. The Balaban J connectivity index is 0.000000208. The topological polar surface area (TPSA) is 146 Å². The third kappa shape index (κ3) is 9.35. The molecule has 2 aromatic carbocycles. The van der Waals surface area contributed by atoms with E-state index in [4.69, 9.17) is 5.73 Å². The van der Waals surface area contributed by atoms with E-state index in [2.05, 4.69) is 35.7 Å². The highest BCUT2D eigenvalue weighted by Gasteiger charge is 2.38. The van der Waals surface area contributed by atoms with Gasteiger partial charge in [0, 0.05) is 48.3 Å². The minimum absolute atomic E-state index is 0.116. The van der Waals surface area contributed by atoms with E-state index in [0.717, 1.165) is 52.2 Å². The Morgan fingerprint density at radius 1 is 0.755 bits per heavy atom. The zero-order valence-corrected chi connectivity index (χ0v) is 31.0. The van der Waals surface area contributed by atoms with Crippen LogP contribution in [0.15, 0.2) is 48.8 Å². The highest BCUT2D eigenvalue weighted by molar-refractivity contribution is 6.34. The molecule has 286 valence electrons. The molecule has 2 aliphatic heterocycles. The normalized spacial score (nSPS) is 20.8. The Kier molecular flexibility index (Phi) is 11.8. The number of nitrogens with two attached hydrogens (primary N) is 1. The Hall–Kier alpha value is -4.95. The van der Waals surface area contributed by atoms with Gasteiger partial charge in [0.1, 0.15) is 0 Å². The van der Waals surface area contributed by atoms with E-state index in [1.165, 1.54) is 4.90 Å². The fraction of sp³-hybridized carbons (Fsp3) is 0.526. The van der Waals surface area contributed by atoms with Gasteiger partial charge in [-0.25, -0.2) is 4.79 Å². The zero-order chi connectivity index (χ0) is 38.8. The van der Waals surface area contributed by atoms with Crippen LogP contribution in [0.4, 0.5) is 13.2 Å². The third-order valence-corrected chi connectivity index (χ3v) is 9.83. The van der Waals surface area contributed by atoms with Crippen LogP contribution < -0.4 is 5.73 Å². The first-order chi connectivity index (χ1) is 24.9. The van der Waals surface area contributed by atoms with Crippen LogP contribution in [0, 0.1) is 11.8 Å². The number of carbonyl (C=O) groups is 4. The quantitative estimate of drug-likeness (QED) is 0.184. The largest absolute Gasteiger partial charge is 0.449 e. The van der Waals surface area contributed by atoms with Crippen molar-refractivity contribution >= 4 is 45.5 Å². The zero-order valence-electron chi connectivity index (χ0n) is 31.0. The summed E-state index contributed by atoms with van der Waals surface area (Å²) < 4.78 is 44.9. The average molecular weight is 740 g/mol. The Labute approximate surface area is 306 Å². The molecule has 0 saturated carbocycles. The van der Waals surface area contributed by atoms with E-state index in [0.29, 0.717) is 24.9 Å². The van der Waals surface area contributed by atoms with Gasteiger partial charge >= 0.3 is 29.9 Å². The molecule has 53 heavy (non-hydrogen) atoms. The minimum atomic E-state index is -4.68. The number of alkyl halides is 3. The van der Waals surface area contributed by atoms with Crippen LogP contribution >= 0.6 is 0 Å². The van der Waals surface area contributed by atoms with Gasteiger partial charge in [0.2, 0.25) is 0 Å². The van der Waals surface area contributed by atoms with Gasteiger partial charge in [0.25, 0.3) is 0 Å². The van der Waals surface area contributed by atoms with E-state index in [9.17, 15) is 32.3 Å². The number of benzene rings is 2. The van der Waals surface area contributed by atoms with Crippen molar-refractivity contribution in [1.82, 2.24) is 29.4 Å². The number of halogens is 3. The van der Waals surface area contributed by atoms with Gasteiger partial charge < -0.3 is 20.3 Å². The number of piperidine rings is 2. The van der Waals surface area contributed by atoms with Gasteiger partial charge in [-0.2, -0.15) is 23.4 Å². The third-order valence-electron chi connectivity index (χ3n) is 9.83. The Morgan fingerprint density at radius 3 is 1.58 bits per heavy atom. The molecule has 2 aliphatic rings. The van der Waals surface area contributed by atoms with Crippen LogP contribution in [0.5, 0.6) is 0 Å². The van der Waals surface area contributed by atoms with Gasteiger partial charge in [0.15, 0.2) is 6.61 Å². The summed E-state index contributed by atoms with van der Waals surface area (Å²) in [5, 5.41) is 11.2. The average Bonchev–Trinajstić information content (AvgIpc) is 3.74. The molecular formula is C38H48F3N7O5. The van der Waals surface area contributed by atoms with Crippen molar-refractivity contribution in [2.45, 2.75) is 97.6 Å². The molecule has 6 rings (SSSR count). The highest BCUT2D eigenvalue weighted by atomic mass is 19.4. The minimum Gasteiger partial charge on any atom is -0.449 e. The number of rotatable bonds is 5. The summed E-state index contributed by atoms with van der Waals surface area (Å²) >= 11 is 0. The summed E-state index contributed by atoms with van der Waals surface area (Å²) in [5.74, 6) is -3.51. The number of amides is 3. The molecule has 0 spiro atoms. The van der Waals surface area contributed by atoms with E-state index in [1.54, 1.807) is 4.90 Å². The number of carbonyl (C=O) groups excluding carboxylic acids is 4. The van der Waals surface area contributed by atoms with Crippen LogP contribution in [-0.4, -0.2) is 78.9 Å². The van der Waals surface area contributed by atoms with Crippen molar-refractivity contribution in [3.63, 3.8) is 0 Å². The van der Waals surface area contributed by atoms with E-state index in [1.807, 2.05) is 78.9 Å². The number of primary amides is 1. The number of ether oxygens (including phenoxy) is 1. The fourth-order valence-electron chi connectivity index (χ4n) is 6.96. The van der Waals surface area contributed by atoms with E-state index >= 15 is 0 Å². The second-order valence-corrected chi connectivity index (χ2v) is 14.9. The standard InChI is InChI=1S/C20H24F3N3O3.C18H24N4O2/c1-12(2)26-10-15-6-5-14(8-16(15)24-26)17-7-4-13(3)9-25(17)18(27)19(28)29-11-20(21,22)23;1-11(2)22-10-14-6-5-13(8-15(14)20-22)16-7-4-12(3)9-21(16)18(24)17(19)23/h5-6,8,10,12-13,17H,4,7,9,11H2,1-3H3;5-6,8,10-12,16H,4,7,9H2,1-3H3,(H2,19,23). The summed E-state index contributed by atoms with van der Waals surface area (Å²) in [6.45, 7) is 11.3. The van der Waals surface area contributed by atoms with Gasteiger partial charge in [-0.15, -0.1) is 0 Å². The molecular weight excluding hydrogens is 691 g/mol. The van der Waals surface area contributed by atoms with Crippen LogP contribution in [0.3, 0.4) is 0 Å². The second kappa shape index (κ2) is 16.0. The van der Waals surface area contributed by atoms with Crippen LogP contribution in [0.1, 0.15) is 103 Å². The highest BCUT2D eigenvalue weighted by Crippen LogP contribution is 2.36. The Bertz CT molecular complexity index is 1970. The molecule has 0 bridgehead atoms. The van der Waals surface area contributed by atoms with Crippen molar-refractivity contribution in [3.05, 3.63) is 59.9 Å². The molecule has 0 radical (unpaired) electrons. The number of hydrogen-bond acceptors (Lipinski definition) is 7. The summed E-state index contributed by atoms with van der Waals surface area (Å²) in [4.78, 5) is 51.1. The lowest BCUT2D eigenvalue weighted by Gasteiger charge is -2.38. The first kappa shape index (κ1) is 39.3. The molecule has 4 atom stereocenters. The number of nitrogens with zero attached hydrogens (tertiary/aromatic N) is 6. The molecule has 2 N–H and O–H groups in total. The predicted molar refractivity (Wildman–Crippen MR) is 192 cm³/mol. The fourth-order valence-corrected chi connectivity index (χ4v) is 6.96. The summed E-state index contributed by atoms with van der Waals surface area (Å²) in [6.07, 6.45) is 2.58. The van der Waals surface area contributed by atoms with Gasteiger partial charge in [0.05, 0.1) is 23.1 Å². The molecule has 4 aromatic rings. The molecule has 4 unspecified atom stereocenters. The number of esters is 1. The lowest BCUT2D eigenvalue weighted by molar-refractivity contribution is -0.190. The number of hydrogen-bond donors (Lipinski definition) is 1. The molecule has 4 heterocycles.